The summed E-state index contributed by atoms with van der Waals surface area (Å²) in [6.07, 6.45) is -0.0702. The lowest BCUT2D eigenvalue weighted by molar-refractivity contribution is -0.123. The number of carbonyl (C=O) groups excluding carboxylic acids is 1. The summed E-state index contributed by atoms with van der Waals surface area (Å²) in [5, 5.41) is 2.88. The Morgan fingerprint density at radius 2 is 1.89 bits per heavy atom. The molecule has 0 spiro atoms. The van der Waals surface area contributed by atoms with Crippen molar-refractivity contribution < 1.29 is 13.9 Å². The number of fused-ring (bicyclic) bond motifs is 1. The van der Waals surface area contributed by atoms with E-state index in [-0.39, 0.29) is 18.6 Å². The van der Waals surface area contributed by atoms with Gasteiger partial charge in [0.1, 0.15) is 6.54 Å². The summed E-state index contributed by atoms with van der Waals surface area (Å²) in [5.41, 5.74) is 2.36. The number of benzene rings is 2. The zero-order chi connectivity index (χ0) is 19.3. The van der Waals surface area contributed by atoms with Crippen molar-refractivity contribution in [1.82, 2.24) is 14.8 Å². The van der Waals surface area contributed by atoms with E-state index in [2.05, 4.69) is 22.3 Å². The monoisotopic (exact) mass is 381 g/mol. The molecule has 4 rings (SSSR count). The van der Waals surface area contributed by atoms with Gasteiger partial charge in [-0.2, -0.15) is 0 Å². The van der Waals surface area contributed by atoms with E-state index >= 15 is 0 Å². The first-order chi connectivity index (χ1) is 13.7. The maximum Gasteiger partial charge on any atom is 0.420 e. The number of ether oxygens (including phenoxy) is 1. The molecule has 0 aliphatic carbocycles. The molecule has 1 aromatic heterocycles. The van der Waals surface area contributed by atoms with E-state index in [0.717, 1.165) is 19.6 Å². The maximum absolute atomic E-state index is 12.3. The second-order valence-electron chi connectivity index (χ2n) is 6.94. The molecule has 7 heteroatoms. The normalized spacial score (nSPS) is 17.6. The zero-order valence-corrected chi connectivity index (χ0v) is 15.5. The molecule has 1 atom stereocenters. The fourth-order valence-corrected chi connectivity index (χ4v) is 3.48. The van der Waals surface area contributed by atoms with Gasteiger partial charge in [0.2, 0.25) is 5.91 Å². The van der Waals surface area contributed by atoms with Crippen molar-refractivity contribution in [3.8, 4) is 0 Å². The predicted molar refractivity (Wildman–Crippen MR) is 105 cm³/mol. The van der Waals surface area contributed by atoms with E-state index in [1.807, 2.05) is 24.3 Å². The van der Waals surface area contributed by atoms with Gasteiger partial charge in [0.25, 0.3) is 0 Å². The van der Waals surface area contributed by atoms with Crippen LogP contribution in [0.15, 0.2) is 63.8 Å². The predicted octanol–water partition coefficient (Wildman–Crippen LogP) is 1.61. The van der Waals surface area contributed by atoms with Gasteiger partial charge in [-0.1, -0.05) is 42.5 Å². The van der Waals surface area contributed by atoms with Crippen LogP contribution in [0.3, 0.4) is 0 Å². The van der Waals surface area contributed by atoms with Crippen molar-refractivity contribution in [3.63, 3.8) is 0 Å². The highest BCUT2D eigenvalue weighted by Gasteiger charge is 2.21. The molecule has 1 unspecified atom stereocenters. The topological polar surface area (TPSA) is 76.7 Å². The molecule has 0 radical (unpaired) electrons. The van der Waals surface area contributed by atoms with E-state index in [4.69, 9.17) is 9.15 Å². The van der Waals surface area contributed by atoms with Crippen LogP contribution in [0.5, 0.6) is 0 Å². The molecule has 146 valence electrons. The standard InChI is InChI=1S/C21H23N3O4/c25-20(15-24-18-8-4-5-9-19(18)28-21(24)26)22-12-17-14-23(10-11-27-17)13-16-6-2-1-3-7-16/h1-9,17H,10-15H2,(H,22,25). The van der Waals surface area contributed by atoms with Crippen molar-refractivity contribution in [2.45, 2.75) is 19.2 Å². The first-order valence-corrected chi connectivity index (χ1v) is 9.42. The Morgan fingerprint density at radius 3 is 2.75 bits per heavy atom. The van der Waals surface area contributed by atoms with Gasteiger partial charge in [-0.3, -0.25) is 14.3 Å². The molecule has 1 N–H and O–H groups in total. The van der Waals surface area contributed by atoms with E-state index in [9.17, 15) is 9.59 Å². The highest BCUT2D eigenvalue weighted by atomic mass is 16.5. The number of rotatable bonds is 6. The smallest absolute Gasteiger partial charge is 0.408 e. The van der Waals surface area contributed by atoms with Crippen LogP contribution >= 0.6 is 0 Å². The van der Waals surface area contributed by atoms with Crippen LogP contribution in [0, 0.1) is 0 Å². The van der Waals surface area contributed by atoms with Crippen molar-refractivity contribution in [1.29, 1.82) is 0 Å². The number of nitrogens with one attached hydrogen (secondary N) is 1. The molecule has 1 saturated heterocycles. The first kappa shape index (κ1) is 18.5. The van der Waals surface area contributed by atoms with Gasteiger partial charge in [0, 0.05) is 26.2 Å². The lowest BCUT2D eigenvalue weighted by Crippen LogP contribution is -2.47. The number of hydrogen-bond acceptors (Lipinski definition) is 5. The Bertz CT molecular complexity index is 996. The molecule has 1 aliphatic rings. The minimum atomic E-state index is -0.528. The molecule has 2 heterocycles. The Kier molecular flexibility index (Phi) is 5.55. The van der Waals surface area contributed by atoms with Crippen molar-refractivity contribution in [3.05, 3.63) is 70.7 Å². The van der Waals surface area contributed by atoms with Gasteiger partial charge in [-0.15, -0.1) is 0 Å². The van der Waals surface area contributed by atoms with E-state index in [0.29, 0.717) is 24.3 Å². The third kappa shape index (κ3) is 4.32. The highest BCUT2D eigenvalue weighted by Crippen LogP contribution is 2.12. The van der Waals surface area contributed by atoms with E-state index < -0.39 is 5.76 Å². The average molecular weight is 381 g/mol. The largest absolute Gasteiger partial charge is 0.420 e. The minimum absolute atomic E-state index is 0.0702. The van der Waals surface area contributed by atoms with Crippen molar-refractivity contribution in [2.75, 3.05) is 26.2 Å². The maximum atomic E-state index is 12.3. The Labute approximate surface area is 162 Å². The van der Waals surface area contributed by atoms with E-state index in [1.54, 1.807) is 18.2 Å². The fraction of sp³-hybridized carbons (Fsp3) is 0.333. The molecule has 0 bridgehead atoms. The summed E-state index contributed by atoms with van der Waals surface area (Å²) in [7, 11) is 0. The molecule has 1 fully saturated rings. The second kappa shape index (κ2) is 8.41. The van der Waals surface area contributed by atoms with Gasteiger partial charge >= 0.3 is 5.76 Å². The van der Waals surface area contributed by atoms with Crippen LogP contribution in [-0.2, 0) is 22.6 Å². The fourth-order valence-electron chi connectivity index (χ4n) is 3.48. The summed E-state index contributed by atoms with van der Waals surface area (Å²) in [6, 6.07) is 17.4. The number of morpholine rings is 1. The molecular formula is C21H23N3O4. The van der Waals surface area contributed by atoms with Crippen LogP contribution in [0.1, 0.15) is 5.56 Å². The SMILES string of the molecule is O=C(Cn1c(=O)oc2ccccc21)NCC1CN(Cc2ccccc2)CCO1. The summed E-state index contributed by atoms with van der Waals surface area (Å²) in [4.78, 5) is 26.6. The Morgan fingerprint density at radius 1 is 1.11 bits per heavy atom. The van der Waals surface area contributed by atoms with Gasteiger partial charge in [0.05, 0.1) is 18.2 Å². The van der Waals surface area contributed by atoms with Gasteiger partial charge < -0.3 is 14.5 Å². The van der Waals surface area contributed by atoms with Crippen molar-refractivity contribution in [2.24, 2.45) is 0 Å². The molecule has 28 heavy (non-hydrogen) atoms. The quantitative estimate of drug-likeness (QED) is 0.702. The van der Waals surface area contributed by atoms with Crippen molar-refractivity contribution >= 4 is 17.0 Å². The highest BCUT2D eigenvalue weighted by molar-refractivity contribution is 5.79. The second-order valence-corrected chi connectivity index (χ2v) is 6.94. The first-order valence-electron chi connectivity index (χ1n) is 9.42. The molecule has 3 aromatic rings. The summed E-state index contributed by atoms with van der Waals surface area (Å²) in [5.74, 6) is -0.767. The Balaban J connectivity index is 1.30. The van der Waals surface area contributed by atoms with Crippen LogP contribution < -0.4 is 11.1 Å². The minimum Gasteiger partial charge on any atom is -0.408 e. The lowest BCUT2D eigenvalue weighted by atomic mass is 10.2. The molecule has 0 saturated carbocycles. The van der Waals surface area contributed by atoms with Gasteiger partial charge in [0.15, 0.2) is 5.58 Å². The third-order valence-corrected chi connectivity index (χ3v) is 4.87. The molecular weight excluding hydrogens is 358 g/mol. The van der Waals surface area contributed by atoms with E-state index in [1.165, 1.54) is 10.1 Å². The van der Waals surface area contributed by atoms with Crippen LogP contribution in [0.25, 0.3) is 11.1 Å². The third-order valence-electron chi connectivity index (χ3n) is 4.87. The van der Waals surface area contributed by atoms with Crippen LogP contribution in [0.2, 0.25) is 0 Å². The molecule has 2 aromatic carbocycles. The number of aromatic nitrogens is 1. The number of nitrogens with zero attached hydrogens (tertiary/aromatic N) is 2. The summed E-state index contributed by atoms with van der Waals surface area (Å²) in [6.45, 7) is 3.47. The lowest BCUT2D eigenvalue weighted by Gasteiger charge is -2.33. The summed E-state index contributed by atoms with van der Waals surface area (Å²) < 4.78 is 12.3. The number of carbonyl (C=O) groups is 1. The number of para-hydroxylation sites is 2. The van der Waals surface area contributed by atoms with Gasteiger partial charge in [-0.25, -0.2) is 4.79 Å². The average Bonchev–Trinajstić information content (AvgIpc) is 3.03. The number of oxazole rings is 1. The van der Waals surface area contributed by atoms with Crippen LogP contribution in [0.4, 0.5) is 0 Å². The Hall–Kier alpha value is -2.90. The van der Waals surface area contributed by atoms with Gasteiger partial charge in [-0.05, 0) is 17.7 Å². The molecule has 1 aliphatic heterocycles. The number of hydrogen-bond donors (Lipinski definition) is 1. The zero-order valence-electron chi connectivity index (χ0n) is 15.5. The number of amides is 1. The van der Waals surface area contributed by atoms with Crippen LogP contribution in [-0.4, -0.2) is 47.7 Å². The summed E-state index contributed by atoms with van der Waals surface area (Å²) >= 11 is 0. The molecule has 7 nitrogen and oxygen atoms in total. The molecule has 1 amide bonds.